The van der Waals surface area contributed by atoms with E-state index in [1.165, 1.54) is 11.8 Å². The maximum Gasteiger partial charge on any atom is 0.209 e. The lowest BCUT2D eigenvalue weighted by Crippen LogP contribution is -2.02. The van der Waals surface area contributed by atoms with E-state index < -0.39 is 0 Å². The number of methoxy groups -OCH3 is 2. The number of carbonyl (C=O) groups excluding carboxylic acids is 1. The minimum Gasteiger partial charge on any atom is -0.493 e. The molecule has 0 bridgehead atoms. The van der Waals surface area contributed by atoms with Crippen LogP contribution in [0.1, 0.15) is 17.3 Å². The first-order valence-corrected chi connectivity index (χ1v) is 9.67. The van der Waals surface area contributed by atoms with E-state index in [1.807, 2.05) is 25.1 Å². The molecule has 1 N–H and O–H groups in total. The van der Waals surface area contributed by atoms with Gasteiger partial charge < -0.3 is 14.2 Å². The topological polar surface area (TPSA) is 86.3 Å². The summed E-state index contributed by atoms with van der Waals surface area (Å²) in [6.45, 7) is 2.38. The number of hydrogen-bond donors (Lipinski definition) is 1. The summed E-state index contributed by atoms with van der Waals surface area (Å²) in [4.78, 5) is 16.7. The molecule has 0 aliphatic heterocycles. The summed E-state index contributed by atoms with van der Waals surface area (Å²) >= 11 is 1.28. The fourth-order valence-electron chi connectivity index (χ4n) is 2.58. The van der Waals surface area contributed by atoms with Gasteiger partial charge in [0.2, 0.25) is 10.9 Å². The van der Waals surface area contributed by atoms with Crippen molar-refractivity contribution < 1.29 is 19.0 Å². The van der Waals surface area contributed by atoms with Crippen LogP contribution in [0.2, 0.25) is 0 Å². The number of hydrogen-bond acceptors (Lipinski definition) is 7. The third-order valence-electron chi connectivity index (χ3n) is 3.92. The predicted octanol–water partition coefficient (Wildman–Crippen LogP) is 3.86. The SMILES string of the molecule is CCOc1c(OC)cc(-c2nc(SCC(=O)c3ccccc3)n[nH]2)cc1OC. The quantitative estimate of drug-likeness (QED) is 0.432. The molecule has 0 saturated carbocycles. The number of thioether (sulfide) groups is 1. The van der Waals surface area contributed by atoms with E-state index in [-0.39, 0.29) is 11.5 Å². The normalized spacial score (nSPS) is 10.5. The van der Waals surface area contributed by atoms with Gasteiger partial charge in [-0.25, -0.2) is 4.98 Å². The molecule has 2 aromatic carbocycles. The molecular formula is C20H21N3O4S. The number of carbonyl (C=O) groups is 1. The van der Waals surface area contributed by atoms with E-state index in [9.17, 15) is 4.79 Å². The number of rotatable bonds is 9. The van der Waals surface area contributed by atoms with E-state index in [0.717, 1.165) is 5.56 Å². The average Bonchev–Trinajstić information content (AvgIpc) is 3.22. The molecular weight excluding hydrogens is 378 g/mol. The highest BCUT2D eigenvalue weighted by Gasteiger charge is 2.17. The van der Waals surface area contributed by atoms with Crippen LogP contribution in [0.15, 0.2) is 47.6 Å². The van der Waals surface area contributed by atoms with Gasteiger partial charge in [0, 0.05) is 11.1 Å². The number of nitrogens with one attached hydrogen (secondary N) is 1. The van der Waals surface area contributed by atoms with Crippen molar-refractivity contribution in [2.24, 2.45) is 0 Å². The number of ether oxygens (including phenoxy) is 3. The molecule has 28 heavy (non-hydrogen) atoms. The molecule has 7 nitrogen and oxygen atoms in total. The summed E-state index contributed by atoms with van der Waals surface area (Å²) in [6, 6.07) is 12.8. The number of ketones is 1. The zero-order valence-electron chi connectivity index (χ0n) is 15.9. The van der Waals surface area contributed by atoms with Gasteiger partial charge in [0.05, 0.1) is 26.6 Å². The van der Waals surface area contributed by atoms with E-state index >= 15 is 0 Å². The number of H-pyrrole nitrogens is 1. The fourth-order valence-corrected chi connectivity index (χ4v) is 3.27. The van der Waals surface area contributed by atoms with Gasteiger partial charge in [-0.2, -0.15) is 0 Å². The van der Waals surface area contributed by atoms with Crippen molar-refractivity contribution in [1.29, 1.82) is 0 Å². The molecule has 0 atom stereocenters. The number of nitrogens with zero attached hydrogens (tertiary/aromatic N) is 2. The molecule has 146 valence electrons. The molecule has 0 fully saturated rings. The molecule has 3 aromatic rings. The third kappa shape index (κ3) is 4.45. The van der Waals surface area contributed by atoms with Gasteiger partial charge in [0.1, 0.15) is 0 Å². The Labute approximate surface area is 167 Å². The Kier molecular flexibility index (Phi) is 6.54. The van der Waals surface area contributed by atoms with E-state index in [2.05, 4.69) is 15.2 Å². The summed E-state index contributed by atoms with van der Waals surface area (Å²) in [6.07, 6.45) is 0. The van der Waals surface area contributed by atoms with Gasteiger partial charge >= 0.3 is 0 Å². The van der Waals surface area contributed by atoms with E-state index in [0.29, 0.717) is 40.4 Å². The number of aromatic nitrogens is 3. The first-order valence-electron chi connectivity index (χ1n) is 8.68. The van der Waals surface area contributed by atoms with Gasteiger partial charge in [0.15, 0.2) is 23.1 Å². The molecule has 8 heteroatoms. The first kappa shape index (κ1) is 19.8. The van der Waals surface area contributed by atoms with Crippen LogP contribution in [0, 0.1) is 0 Å². The Hall–Kier alpha value is -3.00. The van der Waals surface area contributed by atoms with Gasteiger partial charge in [-0.15, -0.1) is 5.10 Å². The molecule has 0 radical (unpaired) electrons. The van der Waals surface area contributed by atoms with Crippen LogP contribution >= 0.6 is 11.8 Å². The summed E-state index contributed by atoms with van der Waals surface area (Å²) < 4.78 is 16.5. The molecule has 0 saturated heterocycles. The second kappa shape index (κ2) is 9.27. The van der Waals surface area contributed by atoms with Crippen LogP contribution in [-0.4, -0.2) is 47.5 Å². The van der Waals surface area contributed by atoms with Crippen LogP contribution in [-0.2, 0) is 0 Å². The maximum absolute atomic E-state index is 12.2. The smallest absolute Gasteiger partial charge is 0.209 e. The number of Topliss-reactive ketones (excluding diaryl/α,β-unsaturated/α-hetero) is 1. The van der Waals surface area contributed by atoms with E-state index in [4.69, 9.17) is 14.2 Å². The summed E-state index contributed by atoms with van der Waals surface area (Å²) in [5.74, 6) is 2.47. The molecule has 0 spiro atoms. The lowest BCUT2D eigenvalue weighted by atomic mass is 10.1. The van der Waals surface area contributed by atoms with Crippen molar-refractivity contribution in [3.05, 3.63) is 48.0 Å². The average molecular weight is 399 g/mol. The summed E-state index contributed by atoms with van der Waals surface area (Å²) in [7, 11) is 3.13. The Morgan fingerprint density at radius 3 is 2.39 bits per heavy atom. The minimum absolute atomic E-state index is 0.0290. The zero-order chi connectivity index (χ0) is 19.9. The van der Waals surface area contributed by atoms with Crippen molar-refractivity contribution in [2.45, 2.75) is 12.1 Å². The van der Waals surface area contributed by atoms with Gasteiger partial charge in [-0.3, -0.25) is 9.89 Å². The van der Waals surface area contributed by atoms with Crippen LogP contribution < -0.4 is 14.2 Å². The first-order chi connectivity index (χ1) is 13.7. The van der Waals surface area contributed by atoms with E-state index in [1.54, 1.807) is 38.5 Å². The molecule has 1 heterocycles. The molecule has 0 aliphatic rings. The largest absolute Gasteiger partial charge is 0.493 e. The molecule has 3 rings (SSSR count). The van der Waals surface area contributed by atoms with Gasteiger partial charge in [-0.1, -0.05) is 42.1 Å². The predicted molar refractivity (Wildman–Crippen MR) is 108 cm³/mol. The highest BCUT2D eigenvalue weighted by Crippen LogP contribution is 2.41. The summed E-state index contributed by atoms with van der Waals surface area (Å²) in [5, 5.41) is 7.58. The van der Waals surface area contributed by atoms with Crippen LogP contribution in [0.25, 0.3) is 11.4 Å². The Bertz CT molecular complexity index is 919. The van der Waals surface area contributed by atoms with Crippen molar-refractivity contribution >= 4 is 17.5 Å². The van der Waals surface area contributed by atoms with Crippen molar-refractivity contribution in [3.8, 4) is 28.6 Å². The molecule has 0 aliphatic carbocycles. The van der Waals surface area contributed by atoms with Crippen LogP contribution in [0.3, 0.4) is 0 Å². The van der Waals surface area contributed by atoms with Crippen LogP contribution in [0.4, 0.5) is 0 Å². The van der Waals surface area contributed by atoms with Gasteiger partial charge in [0.25, 0.3) is 0 Å². The number of benzene rings is 2. The molecule has 0 amide bonds. The van der Waals surface area contributed by atoms with Crippen LogP contribution in [0.5, 0.6) is 17.2 Å². The monoisotopic (exact) mass is 399 g/mol. The number of aromatic amines is 1. The molecule has 1 aromatic heterocycles. The van der Waals surface area contributed by atoms with Crippen molar-refractivity contribution in [3.63, 3.8) is 0 Å². The highest BCUT2D eigenvalue weighted by molar-refractivity contribution is 7.99. The highest BCUT2D eigenvalue weighted by atomic mass is 32.2. The van der Waals surface area contributed by atoms with Crippen molar-refractivity contribution in [1.82, 2.24) is 15.2 Å². The molecule has 0 unspecified atom stereocenters. The third-order valence-corrected chi connectivity index (χ3v) is 4.76. The van der Waals surface area contributed by atoms with Crippen molar-refractivity contribution in [2.75, 3.05) is 26.6 Å². The summed E-state index contributed by atoms with van der Waals surface area (Å²) in [5.41, 5.74) is 1.41. The second-order valence-electron chi connectivity index (χ2n) is 5.69. The zero-order valence-corrected chi connectivity index (χ0v) is 16.7. The standard InChI is InChI=1S/C20H21N3O4S/c1-4-27-18-16(25-2)10-14(11-17(18)26-3)19-21-20(23-22-19)28-12-15(24)13-8-6-5-7-9-13/h5-11H,4,12H2,1-3H3,(H,21,22,23). The Balaban J connectivity index is 1.77. The lowest BCUT2D eigenvalue weighted by molar-refractivity contribution is 0.102. The second-order valence-corrected chi connectivity index (χ2v) is 6.63. The van der Waals surface area contributed by atoms with Gasteiger partial charge in [-0.05, 0) is 19.1 Å². The lowest BCUT2D eigenvalue weighted by Gasteiger charge is -2.14. The minimum atomic E-state index is 0.0290. The Morgan fingerprint density at radius 1 is 1.11 bits per heavy atom. The Morgan fingerprint density at radius 2 is 1.79 bits per heavy atom. The fraction of sp³-hybridized carbons (Fsp3) is 0.250. The maximum atomic E-state index is 12.2.